The number of azide groups is 1. The number of rotatable bonds is 43. The molecule has 3 aliphatic carbocycles. The smallest absolute Gasteiger partial charge is 0.419 e. The van der Waals surface area contributed by atoms with Gasteiger partial charge in [-0.25, -0.2) is 14.4 Å². The number of hydrogen-bond donors (Lipinski definition) is 5. The third kappa shape index (κ3) is 22.8. The number of benzene rings is 4. The fourth-order valence-electron chi connectivity index (χ4n) is 14.1. The molecule has 2 bridgehead atoms. The largest absolute Gasteiger partial charge is 0.444 e. The number of nitrogens with zero attached hydrogens (tertiary/aromatic N) is 6. The molecule has 0 spiro atoms. The molecule has 0 radical (unpaired) electrons. The predicted octanol–water partition coefficient (Wildman–Crippen LogP) is 13.1. The molecule has 0 unspecified atom stereocenters. The normalized spacial score (nSPS) is 16.3. The summed E-state index contributed by atoms with van der Waals surface area (Å²) in [6.07, 6.45) is 18.0. The number of hydrogen-bond acceptors (Lipinski definition) is 15. The summed E-state index contributed by atoms with van der Waals surface area (Å²) in [7, 11) is 3.34. The molecule has 2 heterocycles. The Kier molecular flexibility index (Phi) is 30.7. The number of likely N-dealkylation sites (tertiary alicyclic amines) is 1. The van der Waals surface area contributed by atoms with Crippen molar-refractivity contribution in [3.8, 4) is 0 Å². The van der Waals surface area contributed by atoms with Crippen LogP contribution in [0, 0.1) is 0 Å². The van der Waals surface area contributed by atoms with E-state index in [1.807, 2.05) is 39.0 Å². The number of amides is 7. The highest BCUT2D eigenvalue weighted by atomic mass is 16.6. The molecule has 558 valence electrons. The van der Waals surface area contributed by atoms with Crippen LogP contribution in [0.2, 0.25) is 0 Å². The van der Waals surface area contributed by atoms with Crippen LogP contribution in [0.25, 0.3) is 21.3 Å². The topological polar surface area (TPSA) is 326 Å². The van der Waals surface area contributed by atoms with Gasteiger partial charge in [0.15, 0.2) is 0 Å². The molecule has 9 rings (SSSR count). The maximum Gasteiger partial charge on any atom is 0.419 e. The van der Waals surface area contributed by atoms with E-state index < -0.39 is 46.5 Å². The zero-order valence-electron chi connectivity index (χ0n) is 61.4. The van der Waals surface area contributed by atoms with Gasteiger partial charge in [0.2, 0.25) is 29.5 Å². The summed E-state index contributed by atoms with van der Waals surface area (Å²) >= 11 is 0. The van der Waals surface area contributed by atoms with Crippen LogP contribution in [0.3, 0.4) is 0 Å². The maximum atomic E-state index is 14.7. The van der Waals surface area contributed by atoms with Gasteiger partial charge in [-0.1, -0.05) is 121 Å². The van der Waals surface area contributed by atoms with Crippen molar-refractivity contribution < 1.29 is 56.9 Å². The lowest BCUT2D eigenvalue weighted by molar-refractivity contribution is -0.134. The maximum absolute atomic E-state index is 14.7. The van der Waals surface area contributed by atoms with Gasteiger partial charge < -0.3 is 59.3 Å². The van der Waals surface area contributed by atoms with Crippen LogP contribution in [-0.4, -0.2) is 159 Å². The van der Waals surface area contributed by atoms with Gasteiger partial charge in [0.1, 0.15) is 11.6 Å². The first kappa shape index (κ1) is 79.8. The molecular formula is C78H107N11O14. The summed E-state index contributed by atoms with van der Waals surface area (Å²) in [5.74, 6) is -2.49. The SMILES string of the molecule is CCCCCCCCC(=O)Nc1ccc2c(c1)C1(CCC(=O)N(C)CCOCCOCCOCCN(C)C(=O)[C@@H]3C[C@H](N=[N+]=[N-])CN3C(=O)c3ccc4c(=O)oc(=O)[nH]c4c3)c3cc(NC(=O)CCCCCCCC)ccc3C2c2ccc(NC(=O)CCCCCCCNC(=O)OC(C)(C)C)cc21. The molecule has 4 aliphatic rings. The van der Waals surface area contributed by atoms with Gasteiger partial charge in [-0.05, 0) is 153 Å². The molecule has 25 heteroatoms. The van der Waals surface area contributed by atoms with Crippen molar-refractivity contribution in [1.82, 2.24) is 25.0 Å². The highest BCUT2D eigenvalue weighted by molar-refractivity contribution is 6.00. The van der Waals surface area contributed by atoms with Crippen LogP contribution >= 0.6 is 0 Å². The monoisotopic (exact) mass is 1420 g/mol. The summed E-state index contributed by atoms with van der Waals surface area (Å²) < 4.78 is 27.5. The van der Waals surface area contributed by atoms with Gasteiger partial charge in [-0.2, -0.15) is 0 Å². The van der Waals surface area contributed by atoms with Gasteiger partial charge in [0.25, 0.3) is 5.91 Å². The molecular weight excluding hydrogens is 1310 g/mol. The molecule has 2 atom stereocenters. The number of aromatic amines is 1. The van der Waals surface area contributed by atoms with Crippen LogP contribution in [0.15, 0.2) is 91.9 Å². The van der Waals surface area contributed by atoms with E-state index in [1.54, 1.807) is 19.0 Å². The number of aromatic nitrogens is 1. The van der Waals surface area contributed by atoms with Gasteiger partial charge in [0.05, 0.1) is 56.6 Å². The van der Waals surface area contributed by atoms with E-state index in [0.717, 1.165) is 123 Å². The van der Waals surface area contributed by atoms with E-state index in [1.165, 1.54) is 40.8 Å². The van der Waals surface area contributed by atoms with Crippen molar-refractivity contribution in [2.75, 3.05) is 95.9 Å². The molecule has 1 fully saturated rings. The molecule has 5 aromatic rings. The Morgan fingerprint density at radius 3 is 1.59 bits per heavy atom. The quantitative estimate of drug-likeness (QED) is 0.0105. The Morgan fingerprint density at radius 2 is 1.10 bits per heavy atom. The minimum Gasteiger partial charge on any atom is -0.444 e. The lowest BCUT2D eigenvalue weighted by Crippen LogP contribution is -2.47. The van der Waals surface area contributed by atoms with E-state index in [2.05, 4.69) is 90.9 Å². The third-order valence-electron chi connectivity index (χ3n) is 19.4. The van der Waals surface area contributed by atoms with Crippen LogP contribution < -0.4 is 32.6 Å². The Morgan fingerprint density at radius 1 is 0.621 bits per heavy atom. The second-order valence-corrected chi connectivity index (χ2v) is 28.4. The van der Waals surface area contributed by atoms with Crippen molar-refractivity contribution in [2.45, 2.75) is 211 Å². The van der Waals surface area contributed by atoms with E-state index in [4.69, 9.17) is 18.9 Å². The van der Waals surface area contributed by atoms with Crippen molar-refractivity contribution in [3.63, 3.8) is 0 Å². The number of fused-ring (bicyclic) bond motifs is 1. The summed E-state index contributed by atoms with van der Waals surface area (Å²) in [6, 6.07) is 20.9. The number of unbranched alkanes of at least 4 members (excludes halogenated alkanes) is 14. The number of nitrogens with one attached hydrogen (secondary N) is 5. The Bertz CT molecular complexity index is 3810. The summed E-state index contributed by atoms with van der Waals surface area (Å²) in [5, 5.41) is 16.3. The highest BCUT2D eigenvalue weighted by Crippen LogP contribution is 2.62. The Balaban J connectivity index is 0.890. The average Bonchev–Trinajstić information content (AvgIpc) is 0.858. The summed E-state index contributed by atoms with van der Waals surface area (Å²) in [6.45, 7) is 12.2. The standard InChI is InChI=1S/C78H107N11O14/c1-8-10-12-14-17-21-25-67(90)81-54-29-33-58-62(48-54)78(37-36-70(93)87(6)39-41-99-43-45-101-46-44-100-42-40-88(7)73(95)66-51-57(85-86-79)52-89(66)72(94)53-28-32-61-65(47-53)84-76(98)102-74(61)96)63-49-55(82-68(91)26-22-18-15-13-11-9-2)30-34-59(63)71(58)60-35-31-56(50-64(60)78)83-69(92)27-23-19-16-20-24-38-80-75(97)103-77(3,4)5/h28-35,47-50,57,66,71H,8-27,36-46,51-52H2,1-7H3,(H,80,97)(H,81,90)(H,82,91)(H,83,92)(H,84,98)/t57-,66-,71?,78?/m0/s1. The third-order valence-corrected chi connectivity index (χ3v) is 19.4. The molecule has 0 saturated carbocycles. The Labute approximate surface area is 604 Å². The van der Waals surface area contributed by atoms with E-state index in [-0.39, 0.29) is 117 Å². The van der Waals surface area contributed by atoms with Crippen molar-refractivity contribution in [3.05, 3.63) is 143 Å². The van der Waals surface area contributed by atoms with Crippen molar-refractivity contribution in [2.24, 2.45) is 5.11 Å². The first-order valence-electron chi connectivity index (χ1n) is 37.2. The summed E-state index contributed by atoms with van der Waals surface area (Å²) in [5.41, 5.74) is 14.9. The molecule has 25 nitrogen and oxygen atoms in total. The van der Waals surface area contributed by atoms with Crippen molar-refractivity contribution in [1.29, 1.82) is 0 Å². The average molecular weight is 1420 g/mol. The first-order valence-corrected chi connectivity index (χ1v) is 37.2. The number of carbonyl (C=O) groups is 7. The van der Waals surface area contributed by atoms with Gasteiger partial charge in [-0.3, -0.25) is 33.8 Å². The summed E-state index contributed by atoms with van der Waals surface area (Å²) in [4.78, 5) is 129. The minimum absolute atomic E-state index is 0.0138. The van der Waals surface area contributed by atoms with Crippen molar-refractivity contribution >= 4 is 69.5 Å². The minimum atomic E-state index is -0.983. The first-order chi connectivity index (χ1) is 49.6. The fourth-order valence-corrected chi connectivity index (χ4v) is 14.1. The number of ether oxygens (including phenoxy) is 4. The second kappa shape index (κ2) is 39.7. The number of carbonyl (C=O) groups excluding carboxylic acids is 7. The van der Waals surface area contributed by atoms with E-state index >= 15 is 0 Å². The fraction of sp³-hybridized carbons (Fsp3) is 0.577. The molecule has 1 saturated heterocycles. The van der Waals surface area contributed by atoms with Gasteiger partial charge in [0, 0.05) is 105 Å². The van der Waals surface area contributed by atoms with Gasteiger partial charge in [-0.15, -0.1) is 0 Å². The number of H-pyrrole nitrogens is 1. The lowest BCUT2D eigenvalue weighted by atomic mass is 9.51. The zero-order chi connectivity index (χ0) is 73.9. The van der Waals surface area contributed by atoms with E-state index in [0.29, 0.717) is 62.3 Å². The van der Waals surface area contributed by atoms with Crippen LogP contribution in [0.5, 0.6) is 0 Å². The molecule has 103 heavy (non-hydrogen) atoms. The van der Waals surface area contributed by atoms with Crippen LogP contribution in [0.4, 0.5) is 21.9 Å². The molecule has 4 aromatic carbocycles. The zero-order valence-corrected chi connectivity index (χ0v) is 61.4. The number of anilines is 3. The Hall–Kier alpha value is -8.90. The van der Waals surface area contributed by atoms with Gasteiger partial charge >= 0.3 is 17.5 Å². The van der Waals surface area contributed by atoms with Crippen LogP contribution in [0.1, 0.15) is 232 Å². The molecule has 7 amide bonds. The highest BCUT2D eigenvalue weighted by Gasteiger charge is 2.52. The number of likely N-dealkylation sites (N-methyl/N-ethyl adjacent to an activating group) is 2. The predicted molar refractivity (Wildman–Crippen MR) is 396 cm³/mol. The van der Waals surface area contributed by atoms with E-state index in [9.17, 15) is 48.7 Å². The number of alkyl carbamates (subject to hydrolysis) is 1. The molecule has 1 aromatic heterocycles. The van der Waals surface area contributed by atoms with Crippen LogP contribution in [-0.2, 0) is 48.3 Å². The second-order valence-electron chi connectivity index (χ2n) is 28.4. The molecule has 5 N–H and O–H groups in total. The molecule has 1 aliphatic heterocycles. The lowest BCUT2D eigenvalue weighted by Gasteiger charge is -2.51.